The van der Waals surface area contributed by atoms with Crippen LogP contribution in [0.5, 0.6) is 11.5 Å². The summed E-state index contributed by atoms with van der Waals surface area (Å²) in [5.41, 5.74) is 4.03. The van der Waals surface area contributed by atoms with Crippen LogP contribution in [0, 0.1) is 0 Å². The Labute approximate surface area is 181 Å². The number of carbonyl (C=O) groups is 1. The molecule has 2 aromatic carbocycles. The summed E-state index contributed by atoms with van der Waals surface area (Å²) in [5.74, 6) is 1.11. The van der Waals surface area contributed by atoms with Crippen molar-refractivity contribution in [2.75, 3.05) is 19.0 Å². The number of anilines is 1. The van der Waals surface area contributed by atoms with Gasteiger partial charge in [-0.2, -0.15) is 0 Å². The molecule has 0 unspecified atom stereocenters. The fraction of sp³-hybridized carbons (Fsp3) is 0.250. The SMILES string of the molecule is CCCOc1ccc(/C=C/C(=O)Nc2nc(-c3ccc(CC)cc3)cs2)cc1OC. The van der Waals surface area contributed by atoms with Crippen LogP contribution in [-0.2, 0) is 11.2 Å². The Kier molecular flexibility index (Phi) is 7.63. The fourth-order valence-electron chi connectivity index (χ4n) is 2.81. The highest BCUT2D eigenvalue weighted by molar-refractivity contribution is 7.14. The van der Waals surface area contributed by atoms with E-state index >= 15 is 0 Å². The standard InChI is InChI=1S/C24H26N2O3S/c1-4-14-29-21-12-8-18(15-22(21)28-3)9-13-23(27)26-24-25-20(16-30-24)19-10-6-17(5-2)7-11-19/h6-13,15-16H,4-5,14H2,1-3H3,(H,25,26,27)/b13-9+. The summed E-state index contributed by atoms with van der Waals surface area (Å²) >= 11 is 1.41. The lowest BCUT2D eigenvalue weighted by atomic mass is 10.1. The molecule has 1 N–H and O–H groups in total. The first-order chi connectivity index (χ1) is 14.6. The Morgan fingerprint density at radius 3 is 2.63 bits per heavy atom. The van der Waals surface area contributed by atoms with E-state index in [0.717, 1.165) is 29.7 Å². The molecule has 5 nitrogen and oxygen atoms in total. The van der Waals surface area contributed by atoms with E-state index in [9.17, 15) is 4.79 Å². The second kappa shape index (κ2) is 10.6. The lowest BCUT2D eigenvalue weighted by Gasteiger charge is -2.10. The normalized spacial score (nSPS) is 10.9. The number of nitrogens with zero attached hydrogens (tertiary/aromatic N) is 1. The summed E-state index contributed by atoms with van der Waals surface area (Å²) in [5, 5.41) is 5.33. The number of benzene rings is 2. The molecule has 6 heteroatoms. The van der Waals surface area contributed by atoms with Gasteiger partial charge < -0.3 is 9.47 Å². The molecule has 0 aliphatic heterocycles. The number of aromatic nitrogens is 1. The Morgan fingerprint density at radius 1 is 1.13 bits per heavy atom. The molecule has 30 heavy (non-hydrogen) atoms. The first kappa shape index (κ1) is 21.6. The van der Waals surface area contributed by atoms with Crippen molar-refractivity contribution >= 4 is 28.5 Å². The number of thiazole rings is 1. The molecular formula is C24H26N2O3S. The molecule has 1 aromatic heterocycles. The summed E-state index contributed by atoms with van der Waals surface area (Å²) in [7, 11) is 1.60. The zero-order valence-corrected chi connectivity index (χ0v) is 18.3. The molecule has 1 heterocycles. The zero-order valence-electron chi connectivity index (χ0n) is 17.5. The van der Waals surface area contributed by atoms with Crippen LogP contribution in [0.4, 0.5) is 5.13 Å². The highest BCUT2D eigenvalue weighted by Gasteiger charge is 2.08. The molecule has 0 fully saturated rings. The van der Waals surface area contributed by atoms with Crippen LogP contribution < -0.4 is 14.8 Å². The maximum Gasteiger partial charge on any atom is 0.250 e. The maximum absolute atomic E-state index is 12.3. The number of methoxy groups -OCH3 is 1. The molecule has 1 amide bonds. The van der Waals surface area contributed by atoms with E-state index in [1.54, 1.807) is 13.2 Å². The third-order valence-corrected chi connectivity index (χ3v) is 5.23. The molecule has 3 aromatic rings. The fourth-order valence-corrected chi connectivity index (χ4v) is 3.54. The average molecular weight is 423 g/mol. The van der Waals surface area contributed by atoms with E-state index in [2.05, 4.69) is 48.4 Å². The van der Waals surface area contributed by atoms with Gasteiger partial charge in [0.1, 0.15) is 0 Å². The molecule has 0 bridgehead atoms. The van der Waals surface area contributed by atoms with Crippen LogP contribution >= 0.6 is 11.3 Å². The molecule has 0 aliphatic rings. The lowest BCUT2D eigenvalue weighted by molar-refractivity contribution is -0.111. The van der Waals surface area contributed by atoms with Crippen LogP contribution in [0.2, 0.25) is 0 Å². The van der Waals surface area contributed by atoms with Gasteiger partial charge in [0.25, 0.3) is 0 Å². The minimum atomic E-state index is -0.234. The van der Waals surface area contributed by atoms with Gasteiger partial charge in [-0.25, -0.2) is 4.98 Å². The van der Waals surface area contributed by atoms with E-state index in [1.165, 1.54) is 23.0 Å². The number of aryl methyl sites for hydroxylation is 1. The number of amides is 1. The van der Waals surface area contributed by atoms with E-state index in [0.29, 0.717) is 23.2 Å². The Bertz CT molecular complexity index is 1010. The van der Waals surface area contributed by atoms with Crippen LogP contribution in [0.3, 0.4) is 0 Å². The first-order valence-electron chi connectivity index (χ1n) is 9.97. The van der Waals surface area contributed by atoms with Gasteiger partial charge in [-0.05, 0) is 42.2 Å². The van der Waals surface area contributed by atoms with Crippen molar-refractivity contribution in [3.05, 3.63) is 65.0 Å². The van der Waals surface area contributed by atoms with E-state index in [1.807, 2.05) is 23.6 Å². The van der Waals surface area contributed by atoms with Crippen LogP contribution in [0.1, 0.15) is 31.4 Å². The van der Waals surface area contributed by atoms with Crippen LogP contribution in [0.15, 0.2) is 53.9 Å². The minimum Gasteiger partial charge on any atom is -0.493 e. The molecule has 0 atom stereocenters. The molecule has 156 valence electrons. The van der Waals surface area contributed by atoms with Crippen LogP contribution in [0.25, 0.3) is 17.3 Å². The van der Waals surface area contributed by atoms with Crippen LogP contribution in [-0.4, -0.2) is 24.6 Å². The first-order valence-corrected chi connectivity index (χ1v) is 10.9. The predicted octanol–water partition coefficient (Wildman–Crippen LogP) is 5.82. The molecule has 0 saturated heterocycles. The summed E-state index contributed by atoms with van der Waals surface area (Å²) in [6, 6.07) is 13.9. The zero-order chi connectivity index (χ0) is 21.3. The Hall–Kier alpha value is -3.12. The van der Waals surface area contributed by atoms with Crippen molar-refractivity contribution < 1.29 is 14.3 Å². The van der Waals surface area contributed by atoms with Crippen molar-refractivity contribution in [3.8, 4) is 22.8 Å². The van der Waals surface area contributed by atoms with Gasteiger partial charge in [0, 0.05) is 17.0 Å². The Morgan fingerprint density at radius 2 is 1.93 bits per heavy atom. The van der Waals surface area contributed by atoms with Crippen molar-refractivity contribution in [1.82, 2.24) is 4.98 Å². The van der Waals surface area contributed by atoms with E-state index < -0.39 is 0 Å². The van der Waals surface area contributed by atoms with Gasteiger partial charge in [-0.15, -0.1) is 11.3 Å². The molecular weight excluding hydrogens is 396 g/mol. The monoisotopic (exact) mass is 422 g/mol. The van der Waals surface area contributed by atoms with Gasteiger partial charge in [-0.3, -0.25) is 10.1 Å². The molecule has 3 rings (SSSR count). The van der Waals surface area contributed by atoms with Gasteiger partial charge in [0.2, 0.25) is 5.91 Å². The summed E-state index contributed by atoms with van der Waals surface area (Å²) in [4.78, 5) is 16.8. The average Bonchev–Trinajstić information content (AvgIpc) is 3.24. The number of nitrogens with one attached hydrogen (secondary N) is 1. The van der Waals surface area contributed by atoms with Gasteiger partial charge in [0.05, 0.1) is 19.4 Å². The quantitative estimate of drug-likeness (QED) is 0.441. The van der Waals surface area contributed by atoms with Gasteiger partial charge >= 0.3 is 0 Å². The lowest BCUT2D eigenvalue weighted by Crippen LogP contribution is -2.07. The van der Waals surface area contributed by atoms with Crippen molar-refractivity contribution in [2.24, 2.45) is 0 Å². The minimum absolute atomic E-state index is 0.234. The summed E-state index contributed by atoms with van der Waals surface area (Å²) < 4.78 is 11.0. The van der Waals surface area contributed by atoms with E-state index in [-0.39, 0.29) is 5.91 Å². The molecule has 0 radical (unpaired) electrons. The van der Waals surface area contributed by atoms with Crippen molar-refractivity contribution in [2.45, 2.75) is 26.7 Å². The second-order valence-corrected chi connectivity index (χ2v) is 7.53. The number of rotatable bonds is 9. The number of hydrogen-bond donors (Lipinski definition) is 1. The molecule has 0 saturated carbocycles. The smallest absolute Gasteiger partial charge is 0.250 e. The number of hydrogen-bond acceptors (Lipinski definition) is 5. The molecule has 0 aliphatic carbocycles. The third kappa shape index (κ3) is 5.70. The summed E-state index contributed by atoms with van der Waals surface area (Å²) in [6.45, 7) is 4.81. The van der Waals surface area contributed by atoms with E-state index in [4.69, 9.17) is 9.47 Å². The molecule has 0 spiro atoms. The highest BCUT2D eigenvalue weighted by atomic mass is 32.1. The van der Waals surface area contributed by atoms with Crippen molar-refractivity contribution in [3.63, 3.8) is 0 Å². The topological polar surface area (TPSA) is 60.5 Å². The second-order valence-electron chi connectivity index (χ2n) is 6.67. The van der Waals surface area contributed by atoms with Crippen molar-refractivity contribution in [1.29, 1.82) is 0 Å². The number of ether oxygens (including phenoxy) is 2. The third-order valence-electron chi connectivity index (χ3n) is 4.47. The number of carbonyl (C=O) groups excluding carboxylic acids is 1. The highest BCUT2D eigenvalue weighted by Crippen LogP contribution is 2.29. The van der Waals surface area contributed by atoms with Gasteiger partial charge in [0.15, 0.2) is 16.6 Å². The predicted molar refractivity (Wildman–Crippen MR) is 123 cm³/mol. The summed E-state index contributed by atoms with van der Waals surface area (Å²) in [6.07, 6.45) is 5.15. The maximum atomic E-state index is 12.3. The largest absolute Gasteiger partial charge is 0.493 e. The Balaban J connectivity index is 1.62. The van der Waals surface area contributed by atoms with Gasteiger partial charge in [-0.1, -0.05) is 44.2 Å².